The molecule has 1 unspecified atom stereocenters. The van der Waals surface area contributed by atoms with E-state index in [1.54, 1.807) is 18.9 Å². The van der Waals surface area contributed by atoms with E-state index in [4.69, 9.17) is 5.73 Å². The normalized spacial score (nSPS) is 31.4. The number of amides is 3. The summed E-state index contributed by atoms with van der Waals surface area (Å²) in [5.74, 6) is -2.26. The molecule has 1 aromatic heterocycles. The number of tetrazole rings is 1. The summed E-state index contributed by atoms with van der Waals surface area (Å²) in [5.41, 5.74) is 5.96. The second-order valence-electron chi connectivity index (χ2n) is 10.5. The lowest BCUT2D eigenvalue weighted by Gasteiger charge is -2.47. The summed E-state index contributed by atoms with van der Waals surface area (Å²) in [5, 5.41) is 27.7. The highest BCUT2D eigenvalue weighted by Gasteiger charge is 2.60. The van der Waals surface area contributed by atoms with E-state index >= 15 is 0 Å². The number of hydrogen-bond donors (Lipinski definition) is 4. The first-order valence-corrected chi connectivity index (χ1v) is 13.7. The van der Waals surface area contributed by atoms with E-state index in [0.717, 1.165) is 6.42 Å². The van der Waals surface area contributed by atoms with Crippen molar-refractivity contribution < 1.29 is 24.3 Å². The number of nitrogens with one attached hydrogen (secondary N) is 2. The maximum absolute atomic E-state index is 13.1. The van der Waals surface area contributed by atoms with Crippen LogP contribution in [0.5, 0.6) is 0 Å². The minimum Gasteiger partial charge on any atom is -0.477 e. The van der Waals surface area contributed by atoms with Crippen LogP contribution in [-0.2, 0) is 32.6 Å². The Balaban J connectivity index is 1.23. The molecule has 38 heavy (non-hydrogen) atoms. The van der Waals surface area contributed by atoms with Crippen LogP contribution < -0.4 is 16.4 Å². The summed E-state index contributed by atoms with van der Waals surface area (Å²) >= 11 is 1.44. The number of aryl methyl sites for hydroxylation is 1. The molecule has 0 saturated carbocycles. The number of likely N-dealkylation sites (tertiary alicyclic amines) is 1. The van der Waals surface area contributed by atoms with Gasteiger partial charge < -0.3 is 31.3 Å². The number of thioether (sulfide) groups is 1. The van der Waals surface area contributed by atoms with E-state index in [-0.39, 0.29) is 65.0 Å². The lowest BCUT2D eigenvalue weighted by Crippen LogP contribution is -2.66. The van der Waals surface area contributed by atoms with Crippen LogP contribution in [0.1, 0.15) is 32.5 Å². The van der Waals surface area contributed by atoms with Crippen LogP contribution >= 0.6 is 11.8 Å². The molecule has 3 amide bonds. The minimum atomic E-state index is -1.15. The molecule has 206 valence electrons. The van der Waals surface area contributed by atoms with Crippen LogP contribution in [0.15, 0.2) is 10.6 Å². The molecule has 3 fully saturated rings. The van der Waals surface area contributed by atoms with Crippen LogP contribution in [0.25, 0.3) is 0 Å². The Bertz CT molecular complexity index is 1190. The van der Waals surface area contributed by atoms with Gasteiger partial charge in [-0.15, -0.1) is 22.0 Å². The zero-order valence-corrected chi connectivity index (χ0v) is 22.3. The average molecular weight is 548 g/mol. The molecular formula is C23H33N9O5S. The van der Waals surface area contributed by atoms with Crippen molar-refractivity contribution in [3.05, 3.63) is 16.4 Å². The van der Waals surface area contributed by atoms with E-state index in [2.05, 4.69) is 26.0 Å². The van der Waals surface area contributed by atoms with E-state index < -0.39 is 17.9 Å². The molecule has 0 radical (unpaired) electrons. The number of carboxylic acid groups (broad SMARTS) is 1. The standard InChI is InChI=1S/C23H33N9O5S/c1-10-18-17(11(2)26-16(33)7-15-27-29-30(3)28-15)22(35)32(18)19(23(36)37)20(10)38-13-6-14(25-8-13)21(34)31-5-4-12(24)9-31/h10-14,17-18,25H,4-9,24H2,1-3H3,(H,26,33)(H,36,37)/t10-,11?,12-,13+,14+,17-,18-/m1/s1. The van der Waals surface area contributed by atoms with Gasteiger partial charge in [-0.05, 0) is 25.0 Å². The zero-order chi connectivity index (χ0) is 27.3. The Morgan fingerprint density at radius 3 is 2.74 bits per heavy atom. The van der Waals surface area contributed by atoms with E-state index in [1.807, 2.05) is 6.92 Å². The van der Waals surface area contributed by atoms with Crippen LogP contribution in [0.4, 0.5) is 0 Å². The van der Waals surface area contributed by atoms with Crippen molar-refractivity contribution in [1.82, 2.24) is 40.6 Å². The largest absolute Gasteiger partial charge is 0.477 e. The first kappa shape index (κ1) is 26.6. The first-order valence-electron chi connectivity index (χ1n) is 12.8. The molecular weight excluding hydrogens is 514 g/mol. The fourth-order valence-corrected chi connectivity index (χ4v) is 7.48. The number of aliphatic carboxylic acids is 1. The van der Waals surface area contributed by atoms with E-state index in [9.17, 15) is 24.3 Å². The number of β-lactam (4-membered cyclic amide) rings is 1. The smallest absolute Gasteiger partial charge is 0.353 e. The number of nitrogens with zero attached hydrogens (tertiary/aromatic N) is 6. The Hall–Kier alpha value is -3.04. The number of hydrogen-bond acceptors (Lipinski definition) is 10. The van der Waals surface area contributed by atoms with Gasteiger partial charge in [-0.2, -0.15) is 4.80 Å². The molecule has 15 heteroatoms. The molecule has 0 bridgehead atoms. The van der Waals surface area contributed by atoms with Gasteiger partial charge in [-0.25, -0.2) is 4.79 Å². The van der Waals surface area contributed by atoms with Crippen molar-refractivity contribution in [3.8, 4) is 0 Å². The van der Waals surface area contributed by atoms with Crippen molar-refractivity contribution in [1.29, 1.82) is 0 Å². The summed E-state index contributed by atoms with van der Waals surface area (Å²) < 4.78 is 0. The highest BCUT2D eigenvalue weighted by atomic mass is 32.2. The molecule has 5 heterocycles. The summed E-state index contributed by atoms with van der Waals surface area (Å²) in [7, 11) is 1.60. The summed E-state index contributed by atoms with van der Waals surface area (Å²) in [6.45, 7) is 5.45. The fraction of sp³-hybridized carbons (Fsp3) is 0.696. The van der Waals surface area contributed by atoms with Gasteiger partial charge in [0.15, 0.2) is 5.82 Å². The number of rotatable bonds is 8. The Kier molecular flexibility index (Phi) is 7.17. The molecule has 0 aromatic carbocycles. The SMILES string of the molecule is CC(NC(=O)Cc1nnn(C)n1)[C@H]1C(=O)N2C(C(=O)O)=C(S[C@@H]3CN[C@H](C(=O)N4CC[C@@H](N)C4)C3)[C@H](C)[C@H]12. The number of carboxylic acids is 1. The van der Waals surface area contributed by atoms with Gasteiger partial charge in [0.2, 0.25) is 17.7 Å². The molecule has 5 N–H and O–H groups in total. The van der Waals surface area contributed by atoms with Crippen LogP contribution in [0.2, 0.25) is 0 Å². The van der Waals surface area contributed by atoms with Crippen LogP contribution in [0.3, 0.4) is 0 Å². The third-order valence-electron chi connectivity index (χ3n) is 7.81. The van der Waals surface area contributed by atoms with Gasteiger partial charge in [-0.3, -0.25) is 14.4 Å². The second-order valence-corrected chi connectivity index (χ2v) is 11.9. The summed E-state index contributed by atoms with van der Waals surface area (Å²) in [6.07, 6.45) is 1.30. The number of aromatic nitrogens is 4. The molecule has 4 aliphatic rings. The van der Waals surface area contributed by atoms with Crippen LogP contribution in [-0.4, -0.2) is 108 Å². The van der Waals surface area contributed by atoms with Gasteiger partial charge in [0, 0.05) is 47.8 Å². The minimum absolute atomic E-state index is 0.00381. The number of carbonyl (C=O) groups is 4. The second kappa shape index (κ2) is 10.3. The Morgan fingerprint density at radius 2 is 2.11 bits per heavy atom. The summed E-state index contributed by atoms with van der Waals surface area (Å²) in [4.78, 5) is 55.9. The van der Waals surface area contributed by atoms with Gasteiger partial charge >= 0.3 is 5.97 Å². The predicted octanol–water partition coefficient (Wildman–Crippen LogP) is -1.95. The summed E-state index contributed by atoms with van der Waals surface area (Å²) in [6, 6.07) is -1.18. The Labute approximate surface area is 223 Å². The van der Waals surface area contributed by atoms with Gasteiger partial charge in [0.05, 0.1) is 31.5 Å². The number of fused-ring (bicyclic) bond motifs is 1. The maximum atomic E-state index is 13.1. The van der Waals surface area contributed by atoms with Crippen molar-refractivity contribution in [2.75, 3.05) is 19.6 Å². The highest BCUT2D eigenvalue weighted by Crippen LogP contribution is 2.51. The molecule has 0 aliphatic carbocycles. The third kappa shape index (κ3) is 4.78. The molecule has 4 aliphatic heterocycles. The predicted molar refractivity (Wildman–Crippen MR) is 135 cm³/mol. The molecule has 1 aromatic rings. The molecule has 3 saturated heterocycles. The Morgan fingerprint density at radius 1 is 1.34 bits per heavy atom. The fourth-order valence-electron chi connectivity index (χ4n) is 6.00. The first-order chi connectivity index (χ1) is 18.0. The van der Waals surface area contributed by atoms with Gasteiger partial charge in [-0.1, -0.05) is 6.92 Å². The average Bonchev–Trinajstić information content (AvgIpc) is 3.62. The lowest BCUT2D eigenvalue weighted by molar-refractivity contribution is -0.158. The number of nitrogens with two attached hydrogens (primary N) is 1. The monoisotopic (exact) mass is 547 g/mol. The third-order valence-corrected chi connectivity index (χ3v) is 9.32. The van der Waals surface area contributed by atoms with Crippen molar-refractivity contribution in [3.63, 3.8) is 0 Å². The van der Waals surface area contributed by atoms with Crippen molar-refractivity contribution in [2.45, 2.75) is 62.5 Å². The molecule has 0 spiro atoms. The number of carbonyl (C=O) groups excluding carboxylic acids is 3. The van der Waals surface area contributed by atoms with E-state index in [1.165, 1.54) is 21.5 Å². The maximum Gasteiger partial charge on any atom is 0.353 e. The van der Waals surface area contributed by atoms with E-state index in [0.29, 0.717) is 31.0 Å². The molecule has 7 atom stereocenters. The van der Waals surface area contributed by atoms with Crippen molar-refractivity contribution >= 4 is 35.5 Å². The van der Waals surface area contributed by atoms with Gasteiger partial charge in [0.25, 0.3) is 0 Å². The van der Waals surface area contributed by atoms with Crippen molar-refractivity contribution in [2.24, 2.45) is 24.6 Å². The van der Waals surface area contributed by atoms with Crippen LogP contribution in [0, 0.1) is 11.8 Å². The molecule has 14 nitrogen and oxygen atoms in total. The zero-order valence-electron chi connectivity index (χ0n) is 21.5. The lowest BCUT2D eigenvalue weighted by atomic mass is 9.78. The van der Waals surface area contributed by atoms with Gasteiger partial charge in [0.1, 0.15) is 5.70 Å². The quantitative estimate of drug-likeness (QED) is 0.265. The molecule has 5 rings (SSSR count). The highest BCUT2D eigenvalue weighted by molar-refractivity contribution is 8.03. The topological polar surface area (TPSA) is 189 Å².